The Labute approximate surface area is 311 Å². The van der Waals surface area contributed by atoms with Crippen molar-refractivity contribution in [3.63, 3.8) is 0 Å². The molecule has 0 N–H and O–H groups in total. The third kappa shape index (κ3) is 4.78. The second kappa shape index (κ2) is 11.9. The van der Waals surface area contributed by atoms with E-state index in [0.29, 0.717) is 0 Å². The summed E-state index contributed by atoms with van der Waals surface area (Å²) >= 11 is 1.88. The molecule has 0 unspecified atom stereocenters. The summed E-state index contributed by atoms with van der Waals surface area (Å²) in [5, 5.41) is 10.4. The molecule has 0 amide bonds. The first-order valence-corrected chi connectivity index (χ1v) is 18.9. The minimum atomic E-state index is 1.13. The molecule has 0 aliphatic heterocycles. The average Bonchev–Trinajstić information content (AvgIpc) is 3.77. The summed E-state index contributed by atoms with van der Waals surface area (Å²) in [6, 6.07) is 70.8. The summed E-state index contributed by atoms with van der Waals surface area (Å²) < 4.78 is 5.11. The molecule has 0 aliphatic rings. The van der Waals surface area contributed by atoms with E-state index in [1.165, 1.54) is 80.3 Å². The van der Waals surface area contributed by atoms with Crippen LogP contribution in [0.3, 0.4) is 0 Å². The number of hydrogen-bond donors (Lipinski definition) is 0. The van der Waals surface area contributed by atoms with Crippen molar-refractivity contribution in [2.75, 3.05) is 4.90 Å². The van der Waals surface area contributed by atoms with Gasteiger partial charge in [0.25, 0.3) is 0 Å². The van der Waals surface area contributed by atoms with E-state index in [4.69, 9.17) is 0 Å². The topological polar surface area (TPSA) is 8.17 Å². The van der Waals surface area contributed by atoms with Gasteiger partial charge in [0.15, 0.2) is 0 Å². The Morgan fingerprint density at radius 2 is 0.981 bits per heavy atom. The molecule has 11 rings (SSSR count). The predicted molar refractivity (Wildman–Crippen MR) is 229 cm³/mol. The minimum Gasteiger partial charge on any atom is -0.311 e. The molecule has 0 saturated carbocycles. The maximum Gasteiger partial charge on any atom is 0.0541 e. The number of nitrogens with zero attached hydrogens (tertiary/aromatic N) is 2. The molecule has 0 aliphatic carbocycles. The molecule has 0 fully saturated rings. The highest BCUT2D eigenvalue weighted by atomic mass is 32.1. The fourth-order valence-corrected chi connectivity index (χ4v) is 9.44. The van der Waals surface area contributed by atoms with E-state index in [9.17, 15) is 0 Å². The minimum absolute atomic E-state index is 1.13. The number of rotatable bonds is 5. The third-order valence-corrected chi connectivity index (χ3v) is 11.9. The van der Waals surface area contributed by atoms with Gasteiger partial charge in [-0.25, -0.2) is 0 Å². The molecule has 0 saturated heterocycles. The van der Waals surface area contributed by atoms with Crippen LogP contribution in [-0.4, -0.2) is 4.57 Å². The van der Waals surface area contributed by atoms with E-state index >= 15 is 0 Å². The molecular weight excluding hydrogens is 661 g/mol. The summed E-state index contributed by atoms with van der Waals surface area (Å²) in [7, 11) is 0. The molecule has 9 aromatic carbocycles. The molecule has 248 valence electrons. The smallest absolute Gasteiger partial charge is 0.0541 e. The number of hydrogen-bond acceptors (Lipinski definition) is 2. The van der Waals surface area contributed by atoms with Crippen molar-refractivity contribution in [2.45, 2.75) is 0 Å². The van der Waals surface area contributed by atoms with Gasteiger partial charge in [-0.2, -0.15) is 0 Å². The molecule has 0 spiro atoms. The molecule has 0 bridgehead atoms. The second-order valence-corrected chi connectivity index (χ2v) is 14.8. The van der Waals surface area contributed by atoms with E-state index in [-0.39, 0.29) is 0 Å². The number of fused-ring (bicyclic) bond motifs is 10. The standard InChI is InChI=1S/C50H32N2S/c1-3-11-37(12-4-1)51(38-13-5-2-6-14-38)39-25-21-33(22-26-39)35-23-29-46-44(32-35)42-15-7-9-17-45(42)52(46)40-27-28-41-36(31-40)20-19-34-24-30-48-50(49(34)41)43-16-8-10-18-47(43)53-48/h1-32H. The van der Waals surface area contributed by atoms with Crippen molar-refractivity contribution in [3.05, 3.63) is 194 Å². The summed E-state index contributed by atoms with van der Waals surface area (Å²) in [6.45, 7) is 0. The van der Waals surface area contributed by atoms with Crippen LogP contribution in [0.2, 0.25) is 0 Å². The monoisotopic (exact) mass is 692 g/mol. The van der Waals surface area contributed by atoms with E-state index < -0.39 is 0 Å². The zero-order valence-electron chi connectivity index (χ0n) is 28.8. The summed E-state index contributed by atoms with van der Waals surface area (Å²) in [6.07, 6.45) is 0. The number of para-hydroxylation sites is 3. The van der Waals surface area contributed by atoms with Gasteiger partial charge in [0.1, 0.15) is 0 Å². The Balaban J connectivity index is 1.03. The third-order valence-electron chi connectivity index (χ3n) is 10.7. The van der Waals surface area contributed by atoms with Crippen LogP contribution in [0.25, 0.3) is 80.3 Å². The first-order chi connectivity index (χ1) is 26.3. The van der Waals surface area contributed by atoms with Crippen molar-refractivity contribution in [2.24, 2.45) is 0 Å². The molecule has 2 heterocycles. The molecular formula is C50H32N2S. The lowest BCUT2D eigenvalue weighted by atomic mass is 9.97. The van der Waals surface area contributed by atoms with Gasteiger partial charge in [-0.05, 0) is 112 Å². The Hall–Kier alpha value is -6.68. The van der Waals surface area contributed by atoms with Gasteiger partial charge in [-0.15, -0.1) is 11.3 Å². The highest BCUT2D eigenvalue weighted by Crippen LogP contribution is 2.43. The van der Waals surface area contributed by atoms with Crippen LogP contribution in [-0.2, 0) is 0 Å². The number of thiophene rings is 1. The maximum absolute atomic E-state index is 2.43. The summed E-state index contributed by atoms with van der Waals surface area (Å²) in [4.78, 5) is 2.30. The van der Waals surface area contributed by atoms with Gasteiger partial charge in [0.05, 0.1) is 11.0 Å². The van der Waals surface area contributed by atoms with E-state index in [0.717, 1.165) is 17.1 Å². The van der Waals surface area contributed by atoms with Crippen LogP contribution in [0.4, 0.5) is 17.1 Å². The Kier molecular flexibility index (Phi) is 6.76. The van der Waals surface area contributed by atoms with E-state index in [2.05, 4.69) is 204 Å². The quantitative estimate of drug-likeness (QED) is 0.163. The predicted octanol–water partition coefficient (Wildman–Crippen LogP) is 14.6. The fourth-order valence-electron chi connectivity index (χ4n) is 8.33. The lowest BCUT2D eigenvalue weighted by Crippen LogP contribution is -2.09. The molecule has 0 radical (unpaired) electrons. The van der Waals surface area contributed by atoms with Crippen molar-refractivity contribution in [1.29, 1.82) is 0 Å². The Bertz CT molecular complexity index is 3120. The summed E-state index contributed by atoms with van der Waals surface area (Å²) in [5.41, 5.74) is 9.38. The SMILES string of the molecule is c1ccc(N(c2ccccc2)c2ccc(-c3ccc4c(c3)c3ccccc3n4-c3ccc4c(ccc5ccc6sc7ccccc7c6c54)c3)cc2)cc1. The number of benzene rings is 9. The lowest BCUT2D eigenvalue weighted by molar-refractivity contribution is 1.19. The molecule has 2 aromatic heterocycles. The van der Waals surface area contributed by atoms with Gasteiger partial charge in [0.2, 0.25) is 0 Å². The largest absolute Gasteiger partial charge is 0.311 e. The zero-order valence-corrected chi connectivity index (χ0v) is 29.6. The average molecular weight is 693 g/mol. The Morgan fingerprint density at radius 3 is 1.77 bits per heavy atom. The van der Waals surface area contributed by atoms with Crippen molar-refractivity contribution in [1.82, 2.24) is 4.57 Å². The normalized spacial score (nSPS) is 11.8. The molecule has 0 atom stereocenters. The number of anilines is 3. The van der Waals surface area contributed by atoms with E-state index in [1.807, 2.05) is 11.3 Å². The van der Waals surface area contributed by atoms with Crippen LogP contribution in [0.1, 0.15) is 0 Å². The zero-order chi connectivity index (χ0) is 34.9. The molecule has 53 heavy (non-hydrogen) atoms. The van der Waals surface area contributed by atoms with E-state index in [1.54, 1.807) is 0 Å². The van der Waals surface area contributed by atoms with Crippen LogP contribution < -0.4 is 4.90 Å². The van der Waals surface area contributed by atoms with Gasteiger partial charge >= 0.3 is 0 Å². The molecule has 3 heteroatoms. The number of aromatic nitrogens is 1. The van der Waals surface area contributed by atoms with Gasteiger partial charge < -0.3 is 9.47 Å². The first-order valence-electron chi connectivity index (χ1n) is 18.1. The second-order valence-electron chi connectivity index (χ2n) is 13.7. The van der Waals surface area contributed by atoms with Gasteiger partial charge in [0, 0.05) is 53.7 Å². The summed E-state index contributed by atoms with van der Waals surface area (Å²) in [5.74, 6) is 0. The van der Waals surface area contributed by atoms with Crippen LogP contribution >= 0.6 is 11.3 Å². The maximum atomic E-state index is 2.43. The first kappa shape index (κ1) is 30.0. The van der Waals surface area contributed by atoms with Gasteiger partial charge in [-0.3, -0.25) is 0 Å². The van der Waals surface area contributed by atoms with Gasteiger partial charge in [-0.1, -0.05) is 115 Å². The lowest BCUT2D eigenvalue weighted by Gasteiger charge is -2.25. The van der Waals surface area contributed by atoms with Crippen LogP contribution in [0, 0.1) is 0 Å². The van der Waals surface area contributed by atoms with Crippen molar-refractivity contribution < 1.29 is 0 Å². The van der Waals surface area contributed by atoms with Crippen molar-refractivity contribution in [3.8, 4) is 16.8 Å². The molecule has 2 nitrogen and oxygen atoms in total. The fraction of sp³-hybridized carbons (Fsp3) is 0. The highest BCUT2D eigenvalue weighted by Gasteiger charge is 2.17. The van der Waals surface area contributed by atoms with Crippen LogP contribution in [0.15, 0.2) is 194 Å². The van der Waals surface area contributed by atoms with Crippen LogP contribution in [0.5, 0.6) is 0 Å². The Morgan fingerprint density at radius 1 is 0.358 bits per heavy atom. The molecule has 11 aromatic rings. The van der Waals surface area contributed by atoms with Crippen molar-refractivity contribution >= 4 is 91.9 Å². The highest BCUT2D eigenvalue weighted by molar-refractivity contribution is 7.26.